The van der Waals surface area contributed by atoms with Gasteiger partial charge in [-0.15, -0.1) is 0 Å². The van der Waals surface area contributed by atoms with Gasteiger partial charge in [-0.2, -0.15) is 0 Å². The lowest BCUT2D eigenvalue weighted by Gasteiger charge is -2.22. The van der Waals surface area contributed by atoms with Gasteiger partial charge >= 0.3 is 12.0 Å². The van der Waals surface area contributed by atoms with Gasteiger partial charge in [0.15, 0.2) is 0 Å². The normalized spacial score (nSPS) is 12.4. The number of carboxylic acids is 1. The van der Waals surface area contributed by atoms with Crippen LogP contribution >= 0.6 is 0 Å². The van der Waals surface area contributed by atoms with Crippen molar-refractivity contribution in [2.24, 2.45) is 11.3 Å². The van der Waals surface area contributed by atoms with Gasteiger partial charge in [-0.1, -0.05) is 6.92 Å². The third-order valence-corrected chi connectivity index (χ3v) is 3.05. The number of rotatable bonds is 8. The molecule has 0 aliphatic heterocycles. The van der Waals surface area contributed by atoms with Gasteiger partial charge in [0.1, 0.15) is 0 Å². The average Bonchev–Trinajstić information content (AvgIpc) is 2.39. The van der Waals surface area contributed by atoms with Crippen LogP contribution in [0.15, 0.2) is 0 Å². The molecule has 0 aliphatic carbocycles. The number of hydrogen-bond acceptors (Lipinski definition) is 3. The summed E-state index contributed by atoms with van der Waals surface area (Å²) >= 11 is 0. The summed E-state index contributed by atoms with van der Waals surface area (Å²) < 4.78 is 0. The molecule has 0 heterocycles. The summed E-state index contributed by atoms with van der Waals surface area (Å²) in [6, 6.07) is -0.357. The Bertz CT molecular complexity index is 356. The number of urea groups is 1. The number of aliphatic carboxylic acids is 1. The van der Waals surface area contributed by atoms with E-state index in [2.05, 4.69) is 16.0 Å². The molecule has 0 aliphatic rings. The zero-order valence-corrected chi connectivity index (χ0v) is 12.6. The van der Waals surface area contributed by atoms with Crippen LogP contribution in [-0.4, -0.2) is 43.2 Å². The molecule has 0 rings (SSSR count). The fourth-order valence-electron chi connectivity index (χ4n) is 1.52. The van der Waals surface area contributed by atoms with E-state index in [0.717, 1.165) is 0 Å². The van der Waals surface area contributed by atoms with Gasteiger partial charge in [-0.3, -0.25) is 9.59 Å². The predicted molar refractivity (Wildman–Crippen MR) is 75.3 cm³/mol. The molecular formula is C13H25N3O4. The highest BCUT2D eigenvalue weighted by Crippen LogP contribution is 2.12. The van der Waals surface area contributed by atoms with Crippen LogP contribution in [-0.2, 0) is 9.59 Å². The lowest BCUT2D eigenvalue weighted by Crippen LogP contribution is -2.46. The van der Waals surface area contributed by atoms with E-state index in [1.807, 2.05) is 0 Å². The maximum absolute atomic E-state index is 11.5. The first-order valence-electron chi connectivity index (χ1n) is 6.67. The lowest BCUT2D eigenvalue weighted by atomic mass is 9.92. The minimum absolute atomic E-state index is 0.145. The van der Waals surface area contributed by atoms with E-state index >= 15 is 0 Å². The standard InChI is InChI=1S/C13H25N3O4/c1-9(10(17)18)6-5-7-15-12(20)16-8-13(2,3)11(19)14-4/h9H,5-8H2,1-4H3,(H,14,19)(H,17,18)(H2,15,16,20). The van der Waals surface area contributed by atoms with Crippen molar-refractivity contribution in [3.05, 3.63) is 0 Å². The van der Waals surface area contributed by atoms with Crippen molar-refractivity contribution in [1.29, 1.82) is 0 Å². The molecule has 1 atom stereocenters. The lowest BCUT2D eigenvalue weighted by molar-refractivity contribution is -0.141. The van der Waals surface area contributed by atoms with Crippen LogP contribution in [0.2, 0.25) is 0 Å². The van der Waals surface area contributed by atoms with Gasteiger partial charge < -0.3 is 21.1 Å². The Labute approximate surface area is 119 Å². The highest BCUT2D eigenvalue weighted by atomic mass is 16.4. The fourth-order valence-corrected chi connectivity index (χ4v) is 1.52. The summed E-state index contributed by atoms with van der Waals surface area (Å²) in [4.78, 5) is 33.6. The Kier molecular flexibility index (Phi) is 7.64. The number of amides is 3. The van der Waals surface area contributed by atoms with Crippen LogP contribution in [0.1, 0.15) is 33.6 Å². The zero-order chi connectivity index (χ0) is 15.8. The number of hydrogen-bond donors (Lipinski definition) is 4. The molecule has 1 unspecified atom stereocenters. The highest BCUT2D eigenvalue weighted by Gasteiger charge is 2.26. The molecule has 0 spiro atoms. The minimum Gasteiger partial charge on any atom is -0.481 e. The Balaban J connectivity index is 3.85. The molecule has 0 radical (unpaired) electrons. The monoisotopic (exact) mass is 287 g/mol. The predicted octanol–water partition coefficient (Wildman–Crippen LogP) is 0.559. The van der Waals surface area contributed by atoms with Crippen molar-refractivity contribution in [2.45, 2.75) is 33.6 Å². The number of carboxylic acid groups (broad SMARTS) is 1. The Morgan fingerprint density at radius 2 is 1.80 bits per heavy atom. The zero-order valence-electron chi connectivity index (χ0n) is 12.6. The maximum Gasteiger partial charge on any atom is 0.314 e. The molecule has 0 saturated carbocycles. The van der Waals surface area contributed by atoms with Crippen molar-refractivity contribution in [3.8, 4) is 0 Å². The highest BCUT2D eigenvalue weighted by molar-refractivity contribution is 5.82. The van der Waals surface area contributed by atoms with Crippen LogP contribution in [0, 0.1) is 11.3 Å². The summed E-state index contributed by atoms with van der Waals surface area (Å²) in [5.41, 5.74) is -0.677. The molecule has 116 valence electrons. The van der Waals surface area contributed by atoms with Crippen molar-refractivity contribution >= 4 is 17.9 Å². The molecule has 3 amide bonds. The van der Waals surface area contributed by atoms with Crippen molar-refractivity contribution in [2.75, 3.05) is 20.1 Å². The molecule has 7 heteroatoms. The molecule has 0 aromatic rings. The molecule has 20 heavy (non-hydrogen) atoms. The number of carbonyl (C=O) groups excluding carboxylic acids is 2. The molecule has 0 aromatic heterocycles. The van der Waals surface area contributed by atoms with E-state index in [1.54, 1.807) is 27.8 Å². The third-order valence-electron chi connectivity index (χ3n) is 3.05. The topological polar surface area (TPSA) is 108 Å². The second-order valence-electron chi connectivity index (χ2n) is 5.45. The second kappa shape index (κ2) is 8.39. The van der Waals surface area contributed by atoms with E-state index in [4.69, 9.17) is 5.11 Å². The summed E-state index contributed by atoms with van der Waals surface area (Å²) in [5.74, 6) is -1.39. The molecule has 0 saturated heterocycles. The fraction of sp³-hybridized carbons (Fsp3) is 0.769. The van der Waals surface area contributed by atoms with E-state index in [0.29, 0.717) is 19.4 Å². The third kappa shape index (κ3) is 6.96. The Morgan fingerprint density at radius 3 is 2.30 bits per heavy atom. The SMILES string of the molecule is CNC(=O)C(C)(C)CNC(=O)NCCCC(C)C(=O)O. The van der Waals surface area contributed by atoms with Crippen LogP contribution in [0.25, 0.3) is 0 Å². The Morgan fingerprint density at radius 1 is 1.20 bits per heavy atom. The largest absolute Gasteiger partial charge is 0.481 e. The van der Waals surface area contributed by atoms with Gasteiger partial charge in [0, 0.05) is 20.1 Å². The van der Waals surface area contributed by atoms with Gasteiger partial charge in [-0.25, -0.2) is 4.79 Å². The summed E-state index contributed by atoms with van der Waals surface area (Å²) in [6.45, 7) is 5.74. The van der Waals surface area contributed by atoms with E-state index in [9.17, 15) is 14.4 Å². The average molecular weight is 287 g/mol. The first kappa shape index (κ1) is 18.2. The van der Waals surface area contributed by atoms with Gasteiger partial charge in [0.2, 0.25) is 5.91 Å². The molecule has 7 nitrogen and oxygen atoms in total. The first-order chi connectivity index (χ1) is 9.20. The molecular weight excluding hydrogens is 262 g/mol. The molecule has 4 N–H and O–H groups in total. The van der Waals surface area contributed by atoms with Crippen LogP contribution in [0.3, 0.4) is 0 Å². The van der Waals surface area contributed by atoms with E-state index in [1.165, 1.54) is 0 Å². The number of carbonyl (C=O) groups is 3. The smallest absolute Gasteiger partial charge is 0.314 e. The summed E-state index contributed by atoms with van der Waals surface area (Å²) in [7, 11) is 1.55. The van der Waals surface area contributed by atoms with Crippen molar-refractivity contribution in [1.82, 2.24) is 16.0 Å². The van der Waals surface area contributed by atoms with Crippen LogP contribution < -0.4 is 16.0 Å². The van der Waals surface area contributed by atoms with Gasteiger partial charge in [0.05, 0.1) is 11.3 Å². The molecule has 0 aromatic carbocycles. The van der Waals surface area contributed by atoms with Crippen molar-refractivity contribution < 1.29 is 19.5 Å². The molecule has 0 fully saturated rings. The van der Waals surface area contributed by atoms with Crippen LogP contribution in [0.5, 0.6) is 0 Å². The van der Waals surface area contributed by atoms with Gasteiger partial charge in [-0.05, 0) is 26.7 Å². The minimum atomic E-state index is -0.832. The van der Waals surface area contributed by atoms with E-state index in [-0.39, 0.29) is 18.5 Å². The maximum atomic E-state index is 11.5. The van der Waals surface area contributed by atoms with E-state index < -0.39 is 17.3 Å². The molecule has 0 bridgehead atoms. The van der Waals surface area contributed by atoms with Gasteiger partial charge in [0.25, 0.3) is 0 Å². The van der Waals surface area contributed by atoms with Crippen LogP contribution in [0.4, 0.5) is 4.79 Å². The first-order valence-corrected chi connectivity index (χ1v) is 6.67. The Hall–Kier alpha value is -1.79. The summed E-state index contributed by atoms with van der Waals surface area (Å²) in [5, 5.41) is 16.5. The second-order valence-corrected chi connectivity index (χ2v) is 5.45. The number of nitrogens with one attached hydrogen (secondary N) is 3. The summed E-state index contributed by atoms with van der Waals surface area (Å²) in [6.07, 6.45) is 1.11. The quantitative estimate of drug-likeness (QED) is 0.489. The van der Waals surface area contributed by atoms with Crippen molar-refractivity contribution in [3.63, 3.8) is 0 Å².